The number of hydrogen-bond acceptors (Lipinski definition) is 4. The normalized spacial score (nSPS) is 27.2. The number of carbonyl (C=O) groups excluding carboxylic acids is 1. The molecule has 0 aromatic heterocycles. The summed E-state index contributed by atoms with van der Waals surface area (Å²) in [5, 5.41) is 9.07. The lowest BCUT2D eigenvalue weighted by Gasteiger charge is -2.34. The number of rotatable bonds is 3. The summed E-state index contributed by atoms with van der Waals surface area (Å²) in [5.41, 5.74) is 0.763. The fourth-order valence-corrected chi connectivity index (χ4v) is 1.92. The molecule has 0 aromatic rings. The standard InChI is InChI=1S/C13H19NO3/c1-4-13(3)8-10(6-7-17-13)11(9-14)12(15)16-5-2/h4-8H2,1-3H3. The maximum absolute atomic E-state index is 11.6. The van der Waals surface area contributed by atoms with Crippen molar-refractivity contribution in [2.45, 2.75) is 45.6 Å². The lowest BCUT2D eigenvalue weighted by Crippen LogP contribution is -2.34. The van der Waals surface area contributed by atoms with Gasteiger partial charge in [-0.25, -0.2) is 4.79 Å². The first kappa shape index (κ1) is 13.7. The highest BCUT2D eigenvalue weighted by Gasteiger charge is 2.31. The van der Waals surface area contributed by atoms with Gasteiger partial charge in [-0.05, 0) is 38.7 Å². The van der Waals surface area contributed by atoms with Crippen LogP contribution in [-0.4, -0.2) is 24.8 Å². The largest absolute Gasteiger partial charge is 0.462 e. The molecule has 4 heteroatoms. The molecule has 17 heavy (non-hydrogen) atoms. The molecule has 0 bridgehead atoms. The lowest BCUT2D eigenvalue weighted by atomic mass is 9.87. The highest BCUT2D eigenvalue weighted by Crippen LogP contribution is 2.32. The van der Waals surface area contributed by atoms with E-state index >= 15 is 0 Å². The van der Waals surface area contributed by atoms with E-state index in [4.69, 9.17) is 14.7 Å². The van der Waals surface area contributed by atoms with Crippen molar-refractivity contribution in [1.82, 2.24) is 0 Å². The average molecular weight is 237 g/mol. The third kappa shape index (κ3) is 3.31. The predicted octanol–water partition coefficient (Wildman–Crippen LogP) is 2.35. The molecule has 94 valence electrons. The van der Waals surface area contributed by atoms with Crippen molar-refractivity contribution in [3.05, 3.63) is 11.1 Å². The Morgan fingerprint density at radius 3 is 2.82 bits per heavy atom. The molecule has 1 unspecified atom stereocenters. The van der Waals surface area contributed by atoms with Crippen molar-refractivity contribution in [3.63, 3.8) is 0 Å². The van der Waals surface area contributed by atoms with Crippen LogP contribution in [0.3, 0.4) is 0 Å². The van der Waals surface area contributed by atoms with Crippen molar-refractivity contribution in [2.24, 2.45) is 0 Å². The summed E-state index contributed by atoms with van der Waals surface area (Å²) in [6.45, 7) is 6.63. The second kappa shape index (κ2) is 5.83. The fourth-order valence-electron chi connectivity index (χ4n) is 1.92. The molecule has 0 radical (unpaired) electrons. The topological polar surface area (TPSA) is 59.3 Å². The molecule has 1 aliphatic rings. The van der Waals surface area contributed by atoms with Crippen LogP contribution in [0.5, 0.6) is 0 Å². The van der Waals surface area contributed by atoms with Gasteiger partial charge in [-0.3, -0.25) is 0 Å². The van der Waals surface area contributed by atoms with E-state index in [0.29, 0.717) is 26.1 Å². The summed E-state index contributed by atoms with van der Waals surface area (Å²) in [7, 11) is 0. The van der Waals surface area contributed by atoms with Gasteiger partial charge in [0.1, 0.15) is 11.6 Å². The van der Waals surface area contributed by atoms with Crippen LogP contribution in [0.4, 0.5) is 0 Å². The van der Waals surface area contributed by atoms with Crippen LogP contribution in [0.2, 0.25) is 0 Å². The summed E-state index contributed by atoms with van der Waals surface area (Å²) in [4.78, 5) is 11.6. The first-order valence-electron chi connectivity index (χ1n) is 5.99. The summed E-state index contributed by atoms with van der Waals surface area (Å²) < 4.78 is 10.6. The van der Waals surface area contributed by atoms with Crippen molar-refractivity contribution < 1.29 is 14.3 Å². The zero-order chi connectivity index (χ0) is 12.9. The molecule has 0 aliphatic carbocycles. The SMILES string of the molecule is CCOC(=O)C(C#N)=C1CCOC(C)(CC)C1. The molecule has 1 saturated heterocycles. The molecule has 0 amide bonds. The minimum Gasteiger partial charge on any atom is -0.462 e. The molecule has 0 saturated carbocycles. The first-order chi connectivity index (χ1) is 8.06. The van der Waals surface area contributed by atoms with Gasteiger partial charge in [0.2, 0.25) is 0 Å². The molecule has 4 nitrogen and oxygen atoms in total. The summed E-state index contributed by atoms with van der Waals surface area (Å²) >= 11 is 0. The molecule has 1 rings (SSSR count). The Balaban J connectivity index is 2.94. The van der Waals surface area contributed by atoms with Crippen molar-refractivity contribution in [3.8, 4) is 6.07 Å². The van der Waals surface area contributed by atoms with E-state index in [0.717, 1.165) is 12.0 Å². The number of nitrogens with zero attached hydrogens (tertiary/aromatic N) is 1. The minimum atomic E-state index is -0.509. The molecule has 1 atom stereocenters. The Kier molecular flexibility index (Phi) is 4.71. The number of hydrogen-bond donors (Lipinski definition) is 0. The van der Waals surface area contributed by atoms with E-state index in [-0.39, 0.29) is 11.2 Å². The quantitative estimate of drug-likeness (QED) is 0.429. The highest BCUT2D eigenvalue weighted by atomic mass is 16.5. The van der Waals surface area contributed by atoms with Crippen LogP contribution < -0.4 is 0 Å². The Hall–Kier alpha value is -1.34. The van der Waals surface area contributed by atoms with Crippen molar-refractivity contribution >= 4 is 5.97 Å². The van der Waals surface area contributed by atoms with Gasteiger partial charge in [-0.2, -0.15) is 5.26 Å². The van der Waals surface area contributed by atoms with Gasteiger partial charge in [-0.1, -0.05) is 6.92 Å². The van der Waals surface area contributed by atoms with Gasteiger partial charge in [0, 0.05) is 0 Å². The van der Waals surface area contributed by atoms with E-state index in [1.165, 1.54) is 0 Å². The van der Waals surface area contributed by atoms with Crippen LogP contribution in [-0.2, 0) is 14.3 Å². The van der Waals surface area contributed by atoms with Crippen LogP contribution >= 0.6 is 0 Å². The Morgan fingerprint density at radius 2 is 2.29 bits per heavy atom. The number of esters is 1. The lowest BCUT2D eigenvalue weighted by molar-refractivity contribution is -0.138. The van der Waals surface area contributed by atoms with Crippen LogP contribution in [0.15, 0.2) is 11.1 Å². The van der Waals surface area contributed by atoms with E-state index in [2.05, 4.69) is 0 Å². The third-order valence-corrected chi connectivity index (χ3v) is 3.13. The first-order valence-corrected chi connectivity index (χ1v) is 5.99. The molecule has 1 fully saturated rings. The van der Waals surface area contributed by atoms with Crippen LogP contribution in [0, 0.1) is 11.3 Å². The molecule has 0 aromatic carbocycles. The third-order valence-electron chi connectivity index (χ3n) is 3.13. The van der Waals surface area contributed by atoms with Gasteiger partial charge in [0.05, 0.1) is 18.8 Å². The average Bonchev–Trinajstić information content (AvgIpc) is 2.30. The zero-order valence-electron chi connectivity index (χ0n) is 10.7. The van der Waals surface area contributed by atoms with Gasteiger partial charge in [0.15, 0.2) is 0 Å². The summed E-state index contributed by atoms with van der Waals surface area (Å²) in [6.07, 6.45) is 2.13. The maximum Gasteiger partial charge on any atom is 0.348 e. The second-order valence-corrected chi connectivity index (χ2v) is 4.39. The number of carbonyl (C=O) groups is 1. The minimum absolute atomic E-state index is 0.162. The van der Waals surface area contributed by atoms with E-state index < -0.39 is 5.97 Å². The van der Waals surface area contributed by atoms with Crippen LogP contribution in [0.25, 0.3) is 0 Å². The van der Waals surface area contributed by atoms with Crippen molar-refractivity contribution in [1.29, 1.82) is 5.26 Å². The summed E-state index contributed by atoms with van der Waals surface area (Å²) in [5.74, 6) is -0.509. The van der Waals surface area contributed by atoms with Gasteiger partial charge in [-0.15, -0.1) is 0 Å². The van der Waals surface area contributed by atoms with E-state index in [9.17, 15) is 4.79 Å². The monoisotopic (exact) mass is 237 g/mol. The smallest absolute Gasteiger partial charge is 0.348 e. The van der Waals surface area contributed by atoms with E-state index in [1.54, 1.807) is 6.92 Å². The molecular weight excluding hydrogens is 218 g/mol. The molecule has 1 aliphatic heterocycles. The second-order valence-electron chi connectivity index (χ2n) is 4.39. The van der Waals surface area contributed by atoms with E-state index in [1.807, 2.05) is 19.9 Å². The Labute approximate surface area is 102 Å². The predicted molar refractivity (Wildman–Crippen MR) is 63.2 cm³/mol. The van der Waals surface area contributed by atoms with Gasteiger partial charge in [0.25, 0.3) is 0 Å². The van der Waals surface area contributed by atoms with Crippen LogP contribution in [0.1, 0.15) is 40.0 Å². The molecule has 1 heterocycles. The molecule has 0 spiro atoms. The summed E-state index contributed by atoms with van der Waals surface area (Å²) in [6, 6.07) is 1.97. The Morgan fingerprint density at radius 1 is 1.59 bits per heavy atom. The molecule has 0 N–H and O–H groups in total. The number of nitriles is 1. The van der Waals surface area contributed by atoms with Gasteiger partial charge >= 0.3 is 5.97 Å². The van der Waals surface area contributed by atoms with Crippen molar-refractivity contribution in [2.75, 3.05) is 13.2 Å². The zero-order valence-corrected chi connectivity index (χ0v) is 10.7. The molecular formula is C13H19NO3. The maximum atomic E-state index is 11.6. The highest BCUT2D eigenvalue weighted by molar-refractivity contribution is 5.93. The Bertz CT molecular complexity index is 367. The number of ether oxygens (including phenoxy) is 2. The van der Waals surface area contributed by atoms with Gasteiger partial charge < -0.3 is 9.47 Å². The fraction of sp³-hybridized carbons (Fsp3) is 0.692.